The van der Waals surface area contributed by atoms with Crippen LogP contribution in [0.5, 0.6) is 0 Å². The van der Waals surface area contributed by atoms with E-state index >= 15 is 0 Å². The molecule has 126 valence electrons. The topological polar surface area (TPSA) is 75.7 Å². The maximum absolute atomic E-state index is 12.7. The molecule has 6 heteroatoms. The van der Waals surface area contributed by atoms with Crippen molar-refractivity contribution < 1.29 is 19.1 Å². The van der Waals surface area contributed by atoms with Gasteiger partial charge in [-0.15, -0.1) is 0 Å². The molecule has 6 nitrogen and oxygen atoms in total. The number of hydrogen-bond donors (Lipinski definition) is 1. The summed E-state index contributed by atoms with van der Waals surface area (Å²) >= 11 is 0. The lowest BCUT2D eigenvalue weighted by Crippen LogP contribution is -2.61. The molecule has 1 unspecified atom stereocenters. The van der Waals surface area contributed by atoms with Crippen LogP contribution < -0.4 is 5.32 Å². The quantitative estimate of drug-likeness (QED) is 0.779. The van der Waals surface area contributed by atoms with Gasteiger partial charge < -0.3 is 10.1 Å². The first-order chi connectivity index (χ1) is 11.0. The summed E-state index contributed by atoms with van der Waals surface area (Å²) in [6.45, 7) is 0.120. The average Bonchev–Trinajstić information content (AvgIpc) is 2.86. The molecular weight excluding hydrogens is 296 g/mol. The number of nitrogens with one attached hydrogen (secondary N) is 1. The molecule has 1 saturated heterocycles. The Morgan fingerprint density at radius 1 is 1.13 bits per heavy atom. The Bertz CT molecular complexity index is 524. The van der Waals surface area contributed by atoms with Crippen molar-refractivity contribution in [3.63, 3.8) is 0 Å². The minimum atomic E-state index is -0.734. The lowest BCUT2D eigenvalue weighted by Gasteiger charge is -2.57. The normalized spacial score (nSPS) is 41.3. The van der Waals surface area contributed by atoms with E-state index in [9.17, 15) is 14.4 Å². The molecule has 0 radical (unpaired) electrons. The number of methoxy groups -OCH3 is 1. The highest BCUT2D eigenvalue weighted by Crippen LogP contribution is 2.55. The Balaban J connectivity index is 1.44. The fourth-order valence-electron chi connectivity index (χ4n) is 5.79. The second-order valence-electron chi connectivity index (χ2n) is 8.06. The van der Waals surface area contributed by atoms with Crippen LogP contribution in [0, 0.1) is 23.7 Å². The van der Waals surface area contributed by atoms with Crippen LogP contribution >= 0.6 is 0 Å². The van der Waals surface area contributed by atoms with Gasteiger partial charge in [0.1, 0.15) is 5.92 Å². The van der Waals surface area contributed by atoms with E-state index in [4.69, 9.17) is 0 Å². The van der Waals surface area contributed by atoms with Gasteiger partial charge in [0.05, 0.1) is 13.7 Å². The molecule has 4 saturated carbocycles. The van der Waals surface area contributed by atoms with Crippen LogP contribution in [-0.2, 0) is 14.3 Å². The van der Waals surface area contributed by atoms with E-state index in [0.29, 0.717) is 0 Å². The van der Waals surface area contributed by atoms with E-state index in [0.717, 1.165) is 37.0 Å². The van der Waals surface area contributed by atoms with Crippen LogP contribution in [0.1, 0.15) is 38.5 Å². The molecule has 4 bridgehead atoms. The van der Waals surface area contributed by atoms with Crippen LogP contribution in [0.2, 0.25) is 0 Å². The molecule has 4 aliphatic carbocycles. The van der Waals surface area contributed by atoms with Gasteiger partial charge in [-0.2, -0.15) is 0 Å². The zero-order valence-electron chi connectivity index (χ0n) is 13.5. The van der Waals surface area contributed by atoms with Gasteiger partial charge in [0, 0.05) is 12.1 Å². The van der Waals surface area contributed by atoms with Gasteiger partial charge in [-0.1, -0.05) is 0 Å². The summed E-state index contributed by atoms with van der Waals surface area (Å²) < 4.78 is 4.65. The van der Waals surface area contributed by atoms with Crippen LogP contribution in [0.25, 0.3) is 0 Å². The van der Waals surface area contributed by atoms with Gasteiger partial charge in [-0.25, -0.2) is 4.79 Å². The molecule has 0 spiro atoms. The molecule has 0 aromatic heterocycles. The predicted molar refractivity (Wildman–Crippen MR) is 81.5 cm³/mol. The van der Waals surface area contributed by atoms with Crippen molar-refractivity contribution in [2.45, 2.75) is 44.1 Å². The van der Waals surface area contributed by atoms with Gasteiger partial charge in [0.15, 0.2) is 5.78 Å². The smallest absolute Gasteiger partial charge is 0.409 e. The molecule has 1 aliphatic heterocycles. The third-order valence-corrected chi connectivity index (χ3v) is 6.31. The Morgan fingerprint density at radius 2 is 1.70 bits per heavy atom. The molecular formula is C17H24N2O4. The Kier molecular flexibility index (Phi) is 3.39. The number of hydrogen-bond acceptors (Lipinski definition) is 4. The molecule has 0 aromatic carbocycles. The third-order valence-electron chi connectivity index (χ3n) is 6.31. The summed E-state index contributed by atoms with van der Waals surface area (Å²) in [5, 5.41) is 3.24. The van der Waals surface area contributed by atoms with Crippen LogP contribution in [0.4, 0.5) is 4.79 Å². The minimum absolute atomic E-state index is 0.0222. The van der Waals surface area contributed by atoms with Crippen molar-refractivity contribution in [3.05, 3.63) is 0 Å². The van der Waals surface area contributed by atoms with Gasteiger partial charge in [0.2, 0.25) is 5.91 Å². The van der Waals surface area contributed by atoms with Crippen molar-refractivity contribution in [1.29, 1.82) is 0 Å². The minimum Gasteiger partial charge on any atom is -0.453 e. The Labute approximate surface area is 135 Å². The zero-order valence-corrected chi connectivity index (χ0v) is 13.5. The van der Waals surface area contributed by atoms with Crippen molar-refractivity contribution in [3.8, 4) is 0 Å². The van der Waals surface area contributed by atoms with Gasteiger partial charge in [-0.3, -0.25) is 14.5 Å². The lowest BCUT2D eigenvalue weighted by molar-refractivity contribution is -0.135. The fraction of sp³-hybridized carbons (Fsp3) is 0.824. The Morgan fingerprint density at radius 3 is 2.22 bits per heavy atom. The highest BCUT2D eigenvalue weighted by molar-refractivity contribution is 6.05. The zero-order chi connectivity index (χ0) is 16.2. The summed E-state index contributed by atoms with van der Waals surface area (Å²) in [4.78, 5) is 37.7. The number of carbonyl (C=O) groups is 3. The maximum Gasteiger partial charge on any atom is 0.409 e. The average molecular weight is 320 g/mol. The van der Waals surface area contributed by atoms with E-state index in [2.05, 4.69) is 10.1 Å². The first-order valence-electron chi connectivity index (χ1n) is 8.65. The van der Waals surface area contributed by atoms with E-state index in [-0.39, 0.29) is 30.3 Å². The van der Waals surface area contributed by atoms with Crippen LogP contribution in [0.15, 0.2) is 0 Å². The Hall–Kier alpha value is -1.59. The molecule has 5 rings (SSSR count). The summed E-state index contributed by atoms with van der Waals surface area (Å²) in [5.41, 5.74) is -0.0925. The number of rotatable bonds is 2. The van der Waals surface area contributed by atoms with Gasteiger partial charge in [0.25, 0.3) is 0 Å². The van der Waals surface area contributed by atoms with Crippen molar-refractivity contribution >= 4 is 17.8 Å². The van der Waals surface area contributed by atoms with Crippen LogP contribution in [-0.4, -0.2) is 48.4 Å². The van der Waals surface area contributed by atoms with E-state index in [1.807, 2.05) is 0 Å². The predicted octanol–water partition coefficient (Wildman–Crippen LogP) is 1.34. The molecule has 1 atom stereocenters. The highest BCUT2D eigenvalue weighted by atomic mass is 16.5. The molecule has 23 heavy (non-hydrogen) atoms. The second kappa shape index (κ2) is 5.21. The molecule has 1 heterocycles. The van der Waals surface area contributed by atoms with Crippen molar-refractivity contribution in [2.75, 3.05) is 20.2 Å². The summed E-state index contributed by atoms with van der Waals surface area (Å²) in [6, 6.07) is 0. The molecule has 1 N–H and O–H groups in total. The first kappa shape index (κ1) is 15.0. The third kappa shape index (κ3) is 2.52. The lowest BCUT2D eigenvalue weighted by atomic mass is 9.53. The number of ether oxygens (including phenoxy) is 1. The van der Waals surface area contributed by atoms with E-state index < -0.39 is 12.0 Å². The molecule has 5 fully saturated rings. The largest absolute Gasteiger partial charge is 0.453 e. The first-order valence-corrected chi connectivity index (χ1v) is 8.65. The van der Waals surface area contributed by atoms with E-state index in [1.54, 1.807) is 0 Å². The molecule has 0 aromatic rings. The maximum atomic E-state index is 12.7. The second-order valence-corrected chi connectivity index (χ2v) is 8.06. The summed E-state index contributed by atoms with van der Waals surface area (Å²) in [6.07, 6.45) is 6.59. The van der Waals surface area contributed by atoms with Crippen LogP contribution in [0.3, 0.4) is 0 Å². The molecule has 2 amide bonds. The van der Waals surface area contributed by atoms with Crippen molar-refractivity contribution in [2.24, 2.45) is 23.7 Å². The fourth-order valence-corrected chi connectivity index (χ4v) is 5.79. The number of Topliss-reactive ketones (excluding diaryl/α,β-unsaturated/α-hetero) is 1. The summed E-state index contributed by atoms with van der Waals surface area (Å²) in [7, 11) is 1.29. The number of carbonyl (C=O) groups excluding carboxylic acids is 3. The number of likely N-dealkylation sites (tertiary alicyclic amines) is 1. The monoisotopic (exact) mass is 320 g/mol. The standard InChI is InChI=1S/C17H24N2O4/c1-23-16(22)19-8-13(14(20)9-19)15(21)18-17-5-10-2-11(6-17)4-12(3-10)7-17/h10-13H,2-9H2,1H3,(H,18,21). The number of ketones is 1. The summed E-state index contributed by atoms with van der Waals surface area (Å²) in [5.74, 6) is 1.12. The SMILES string of the molecule is COC(=O)N1CC(=O)C(C(=O)NC23CC4CC(CC(C4)C2)C3)C1. The molecule has 5 aliphatic rings. The van der Waals surface area contributed by atoms with Gasteiger partial charge in [-0.05, 0) is 56.3 Å². The van der Waals surface area contributed by atoms with Crippen molar-refractivity contribution in [1.82, 2.24) is 10.2 Å². The number of amides is 2. The van der Waals surface area contributed by atoms with E-state index in [1.165, 1.54) is 31.3 Å². The highest BCUT2D eigenvalue weighted by Gasteiger charge is 2.52. The van der Waals surface area contributed by atoms with Gasteiger partial charge >= 0.3 is 6.09 Å². The number of nitrogens with zero attached hydrogens (tertiary/aromatic N) is 1.